The first-order valence-electron chi connectivity index (χ1n) is 10.1. The number of unbranched alkanes of at least 4 members (excludes halogenated alkanes) is 1. The second-order valence-electron chi connectivity index (χ2n) is 6.78. The molecule has 0 aliphatic rings. The second kappa shape index (κ2) is 10.8. The van der Waals surface area contributed by atoms with Gasteiger partial charge in [-0.05, 0) is 36.8 Å². The second-order valence-corrected chi connectivity index (χ2v) is 6.78. The number of benzene rings is 2. The summed E-state index contributed by atoms with van der Waals surface area (Å²) in [5.41, 5.74) is 1.20. The van der Waals surface area contributed by atoms with Crippen LogP contribution in [0.25, 0.3) is 16.9 Å². The highest BCUT2D eigenvalue weighted by molar-refractivity contribution is 6.06. The van der Waals surface area contributed by atoms with Crippen molar-refractivity contribution in [2.75, 3.05) is 27.9 Å². The summed E-state index contributed by atoms with van der Waals surface area (Å²) in [6, 6.07) is 16.0. The Morgan fingerprint density at radius 3 is 2.36 bits per heavy atom. The number of hydrogen-bond acceptors (Lipinski definition) is 8. The van der Waals surface area contributed by atoms with E-state index in [-0.39, 0.29) is 17.0 Å². The van der Waals surface area contributed by atoms with Gasteiger partial charge in [-0.15, -0.1) is 0 Å². The summed E-state index contributed by atoms with van der Waals surface area (Å²) in [6.45, 7) is 0.309. The number of methoxy groups -OCH3 is 3. The number of carbonyl (C=O) groups is 2. The van der Waals surface area contributed by atoms with E-state index in [1.807, 2.05) is 6.07 Å². The molecule has 0 aliphatic heterocycles. The van der Waals surface area contributed by atoms with Gasteiger partial charge < -0.3 is 18.9 Å². The molecular formula is C24H23N3O6. The van der Waals surface area contributed by atoms with E-state index in [4.69, 9.17) is 24.2 Å². The Morgan fingerprint density at radius 2 is 1.73 bits per heavy atom. The predicted molar refractivity (Wildman–Crippen MR) is 119 cm³/mol. The summed E-state index contributed by atoms with van der Waals surface area (Å²) in [5, 5.41) is 13.3. The van der Waals surface area contributed by atoms with Crippen LogP contribution in [0, 0.1) is 11.3 Å². The first kappa shape index (κ1) is 23.3. The fourth-order valence-electron chi connectivity index (χ4n) is 3.23. The third-order valence-electron chi connectivity index (χ3n) is 4.78. The van der Waals surface area contributed by atoms with Crippen molar-refractivity contribution in [3.05, 3.63) is 59.8 Å². The molecule has 170 valence electrons. The van der Waals surface area contributed by atoms with Crippen LogP contribution in [-0.2, 0) is 9.47 Å². The zero-order valence-electron chi connectivity index (χ0n) is 18.5. The molecule has 0 amide bonds. The molecular weight excluding hydrogens is 426 g/mol. The Kier molecular flexibility index (Phi) is 7.65. The minimum absolute atomic E-state index is 0.0335. The topological polar surface area (TPSA) is 113 Å². The minimum atomic E-state index is -0.737. The Morgan fingerprint density at radius 1 is 1.00 bits per heavy atom. The molecule has 0 spiro atoms. The predicted octanol–water partition coefficient (Wildman–Crippen LogP) is 3.80. The average molecular weight is 449 g/mol. The van der Waals surface area contributed by atoms with Crippen molar-refractivity contribution in [2.24, 2.45) is 0 Å². The molecule has 0 saturated heterocycles. The molecule has 0 fully saturated rings. The Labute approximate surface area is 191 Å². The van der Waals surface area contributed by atoms with Crippen LogP contribution in [0.2, 0.25) is 0 Å². The summed E-state index contributed by atoms with van der Waals surface area (Å²) < 4.78 is 22.4. The smallest absolute Gasteiger partial charge is 0.357 e. The van der Waals surface area contributed by atoms with Crippen molar-refractivity contribution in [2.45, 2.75) is 12.8 Å². The fourth-order valence-corrected chi connectivity index (χ4v) is 3.23. The molecule has 0 N–H and O–H groups in total. The SMILES string of the molecule is COC(=O)c1c(-c2ccc(OC)c(OCCCC#N)c2)nn(-c2ccccc2)c1C(=O)OC. The van der Waals surface area contributed by atoms with E-state index in [0.717, 1.165) is 0 Å². The molecule has 1 aromatic heterocycles. The molecule has 0 unspecified atom stereocenters. The van der Waals surface area contributed by atoms with Crippen molar-refractivity contribution in [1.82, 2.24) is 9.78 Å². The maximum Gasteiger partial charge on any atom is 0.357 e. The third kappa shape index (κ3) is 4.96. The number of para-hydroxylation sites is 1. The van der Waals surface area contributed by atoms with Gasteiger partial charge in [0.25, 0.3) is 0 Å². The van der Waals surface area contributed by atoms with E-state index in [1.165, 1.54) is 26.0 Å². The molecule has 9 heteroatoms. The summed E-state index contributed by atoms with van der Waals surface area (Å²) in [7, 11) is 3.97. The number of carbonyl (C=O) groups excluding carboxylic acids is 2. The Hall–Kier alpha value is -4.32. The number of nitriles is 1. The summed E-state index contributed by atoms with van der Waals surface area (Å²) in [6.07, 6.45) is 0.908. The largest absolute Gasteiger partial charge is 0.493 e. The first-order chi connectivity index (χ1) is 16.0. The van der Waals surface area contributed by atoms with Crippen molar-refractivity contribution in [3.8, 4) is 34.5 Å². The van der Waals surface area contributed by atoms with Crippen molar-refractivity contribution >= 4 is 11.9 Å². The van der Waals surface area contributed by atoms with Gasteiger partial charge in [0, 0.05) is 12.0 Å². The molecule has 0 radical (unpaired) electrons. The maximum absolute atomic E-state index is 12.8. The summed E-state index contributed by atoms with van der Waals surface area (Å²) in [4.78, 5) is 25.5. The number of aromatic nitrogens is 2. The van der Waals surface area contributed by atoms with Gasteiger partial charge in [0.15, 0.2) is 17.2 Å². The van der Waals surface area contributed by atoms with E-state index in [0.29, 0.717) is 42.2 Å². The van der Waals surface area contributed by atoms with Gasteiger partial charge in [-0.2, -0.15) is 10.4 Å². The molecule has 33 heavy (non-hydrogen) atoms. The van der Waals surface area contributed by atoms with Gasteiger partial charge in [-0.25, -0.2) is 14.3 Å². The van der Waals surface area contributed by atoms with Crippen molar-refractivity contribution < 1.29 is 28.5 Å². The van der Waals surface area contributed by atoms with Crippen LogP contribution in [-0.4, -0.2) is 49.7 Å². The summed E-state index contributed by atoms with van der Waals surface area (Å²) >= 11 is 0. The molecule has 0 saturated carbocycles. The lowest BCUT2D eigenvalue weighted by Gasteiger charge is -2.12. The van der Waals surface area contributed by atoms with Crippen LogP contribution in [0.15, 0.2) is 48.5 Å². The normalized spacial score (nSPS) is 10.2. The van der Waals surface area contributed by atoms with E-state index in [2.05, 4.69) is 11.2 Å². The van der Waals surface area contributed by atoms with Gasteiger partial charge in [0.1, 0.15) is 11.3 Å². The van der Waals surface area contributed by atoms with Gasteiger partial charge in [-0.3, -0.25) is 0 Å². The Bertz CT molecular complexity index is 1180. The third-order valence-corrected chi connectivity index (χ3v) is 4.78. The van der Waals surface area contributed by atoms with Crippen molar-refractivity contribution in [3.63, 3.8) is 0 Å². The van der Waals surface area contributed by atoms with Crippen LogP contribution in [0.4, 0.5) is 0 Å². The van der Waals surface area contributed by atoms with Crippen LogP contribution in [0.3, 0.4) is 0 Å². The monoisotopic (exact) mass is 449 g/mol. The highest BCUT2D eigenvalue weighted by atomic mass is 16.5. The molecule has 3 aromatic rings. The molecule has 0 aliphatic carbocycles. The molecule has 0 bridgehead atoms. The standard InChI is InChI=1S/C24H23N3O6/c1-30-18-12-11-16(15-19(18)33-14-8-7-13-25)21-20(23(28)31-2)22(24(29)32-3)27(26-21)17-9-5-4-6-10-17/h4-6,9-12,15H,7-8,14H2,1-3H3. The highest BCUT2D eigenvalue weighted by Gasteiger charge is 2.31. The maximum atomic E-state index is 12.8. The Balaban J connectivity index is 2.20. The van der Waals surface area contributed by atoms with Crippen LogP contribution in [0.5, 0.6) is 11.5 Å². The van der Waals surface area contributed by atoms with Gasteiger partial charge >= 0.3 is 11.9 Å². The number of esters is 2. The van der Waals surface area contributed by atoms with Crippen LogP contribution < -0.4 is 9.47 Å². The van der Waals surface area contributed by atoms with E-state index < -0.39 is 11.9 Å². The fraction of sp³-hybridized carbons (Fsp3) is 0.250. The van der Waals surface area contributed by atoms with Gasteiger partial charge in [0.05, 0.1) is 39.7 Å². The number of nitrogens with zero attached hydrogens (tertiary/aromatic N) is 3. The first-order valence-corrected chi connectivity index (χ1v) is 10.1. The van der Waals surface area contributed by atoms with Crippen molar-refractivity contribution in [1.29, 1.82) is 5.26 Å². The molecule has 1 heterocycles. The number of rotatable bonds is 9. The molecule has 9 nitrogen and oxygen atoms in total. The van der Waals surface area contributed by atoms with Crippen LogP contribution in [0.1, 0.15) is 33.7 Å². The van der Waals surface area contributed by atoms with Crippen LogP contribution >= 0.6 is 0 Å². The van der Waals surface area contributed by atoms with E-state index in [9.17, 15) is 9.59 Å². The minimum Gasteiger partial charge on any atom is -0.493 e. The molecule has 2 aromatic carbocycles. The highest BCUT2D eigenvalue weighted by Crippen LogP contribution is 2.35. The quantitative estimate of drug-likeness (QED) is 0.358. The zero-order chi connectivity index (χ0) is 23.8. The number of hydrogen-bond donors (Lipinski definition) is 0. The summed E-state index contributed by atoms with van der Waals surface area (Å²) in [5.74, 6) is -0.581. The average Bonchev–Trinajstić information content (AvgIpc) is 3.26. The van der Waals surface area contributed by atoms with E-state index >= 15 is 0 Å². The lowest BCUT2D eigenvalue weighted by Crippen LogP contribution is -2.15. The van der Waals surface area contributed by atoms with Gasteiger partial charge in [0.2, 0.25) is 0 Å². The molecule has 0 atom stereocenters. The zero-order valence-corrected chi connectivity index (χ0v) is 18.5. The lowest BCUT2D eigenvalue weighted by atomic mass is 10.0. The lowest BCUT2D eigenvalue weighted by molar-refractivity contribution is 0.0549. The van der Waals surface area contributed by atoms with Gasteiger partial charge in [-0.1, -0.05) is 18.2 Å². The number of ether oxygens (including phenoxy) is 4. The molecule has 3 rings (SSSR count). The van der Waals surface area contributed by atoms with E-state index in [1.54, 1.807) is 42.5 Å².